The summed E-state index contributed by atoms with van der Waals surface area (Å²) in [5.41, 5.74) is 0. The third-order valence-corrected chi connectivity index (χ3v) is 1.42. The van der Waals surface area contributed by atoms with Crippen LogP contribution in [0.25, 0.3) is 0 Å². The predicted molar refractivity (Wildman–Crippen MR) is 44.4 cm³/mol. The van der Waals surface area contributed by atoms with Crippen LogP contribution in [0.1, 0.15) is 13.3 Å². The fraction of sp³-hybridized carbons (Fsp3) is 0.833. The summed E-state index contributed by atoms with van der Waals surface area (Å²) in [7, 11) is -2.33. The maximum atomic E-state index is 9.01. The van der Waals surface area contributed by atoms with Gasteiger partial charge in [-0.05, 0) is 6.42 Å². The molecule has 0 aliphatic rings. The Balaban J connectivity index is 3.13. The Kier molecular flexibility index (Phi) is 5.00. The van der Waals surface area contributed by atoms with Crippen molar-refractivity contribution >= 4 is 13.6 Å². The van der Waals surface area contributed by atoms with E-state index in [9.17, 15) is 0 Å². The van der Waals surface area contributed by atoms with Gasteiger partial charge in [0.15, 0.2) is 6.79 Å². The monoisotopic (exact) mass is 166 g/mol. The lowest BCUT2D eigenvalue weighted by Gasteiger charge is -2.11. The van der Waals surface area contributed by atoms with Crippen LogP contribution in [0.3, 0.4) is 0 Å². The largest absolute Gasteiger partial charge is 0.355 e. The standard InChI is InChI=1S/C6H15O3P/c1-4-5-8-6-9-10(2,3)7/h7H,2,4-6H2,1,3H3. The van der Waals surface area contributed by atoms with Crippen molar-refractivity contribution < 1.29 is 14.2 Å². The summed E-state index contributed by atoms with van der Waals surface area (Å²) in [5.74, 6) is 0. The summed E-state index contributed by atoms with van der Waals surface area (Å²) in [6, 6.07) is 0. The first kappa shape index (κ1) is 10.2. The number of hydrogen-bond acceptors (Lipinski definition) is 3. The van der Waals surface area contributed by atoms with E-state index in [1.807, 2.05) is 6.92 Å². The van der Waals surface area contributed by atoms with Gasteiger partial charge in [0, 0.05) is 13.3 Å². The third-order valence-electron chi connectivity index (χ3n) is 0.763. The first-order valence-corrected chi connectivity index (χ1v) is 5.51. The average Bonchev–Trinajstić information content (AvgIpc) is 1.78. The molecule has 0 aromatic carbocycles. The first-order chi connectivity index (χ1) is 4.56. The molecule has 0 saturated heterocycles. The number of hydrogen-bond donors (Lipinski definition) is 1. The highest BCUT2D eigenvalue weighted by atomic mass is 31.2. The van der Waals surface area contributed by atoms with Gasteiger partial charge >= 0.3 is 0 Å². The van der Waals surface area contributed by atoms with Crippen LogP contribution < -0.4 is 0 Å². The van der Waals surface area contributed by atoms with Gasteiger partial charge in [-0.25, -0.2) is 0 Å². The van der Waals surface area contributed by atoms with Crippen molar-refractivity contribution in [3.05, 3.63) is 0 Å². The maximum Gasteiger partial charge on any atom is 0.152 e. The Morgan fingerprint density at radius 3 is 2.60 bits per heavy atom. The molecule has 10 heavy (non-hydrogen) atoms. The van der Waals surface area contributed by atoms with Gasteiger partial charge in [-0.3, -0.25) is 0 Å². The van der Waals surface area contributed by atoms with Crippen LogP contribution in [-0.2, 0) is 9.26 Å². The zero-order valence-electron chi connectivity index (χ0n) is 6.54. The van der Waals surface area contributed by atoms with Crippen LogP contribution in [0.15, 0.2) is 0 Å². The van der Waals surface area contributed by atoms with Crippen molar-refractivity contribution in [2.75, 3.05) is 20.1 Å². The molecular weight excluding hydrogens is 151 g/mol. The maximum absolute atomic E-state index is 9.01. The van der Waals surface area contributed by atoms with E-state index in [1.54, 1.807) is 6.66 Å². The van der Waals surface area contributed by atoms with Crippen LogP contribution in [0.5, 0.6) is 0 Å². The molecular formula is C6H15O3P. The van der Waals surface area contributed by atoms with Crippen molar-refractivity contribution in [1.82, 2.24) is 0 Å². The van der Waals surface area contributed by atoms with E-state index >= 15 is 0 Å². The molecule has 0 aromatic rings. The van der Waals surface area contributed by atoms with Gasteiger partial charge in [0.05, 0.1) is 0 Å². The Hall–Kier alpha value is 0.180. The lowest BCUT2D eigenvalue weighted by Crippen LogP contribution is -1.98. The van der Waals surface area contributed by atoms with Gasteiger partial charge in [0.25, 0.3) is 0 Å². The molecule has 0 amide bonds. The second-order valence-electron chi connectivity index (χ2n) is 2.21. The van der Waals surface area contributed by atoms with Crippen molar-refractivity contribution in [2.45, 2.75) is 13.3 Å². The first-order valence-electron chi connectivity index (χ1n) is 3.22. The summed E-state index contributed by atoms with van der Waals surface area (Å²) in [5, 5.41) is 0. The lowest BCUT2D eigenvalue weighted by molar-refractivity contribution is 0.0168. The third kappa shape index (κ3) is 8.18. The molecule has 1 unspecified atom stereocenters. The molecule has 1 N–H and O–H groups in total. The molecule has 0 saturated carbocycles. The van der Waals surface area contributed by atoms with E-state index in [2.05, 4.69) is 6.30 Å². The summed E-state index contributed by atoms with van der Waals surface area (Å²) in [6.45, 7) is 4.40. The van der Waals surface area contributed by atoms with Crippen LogP contribution in [0, 0.1) is 0 Å². The fourth-order valence-corrected chi connectivity index (χ4v) is 0.656. The Bertz CT molecular complexity index is 118. The van der Waals surface area contributed by atoms with Gasteiger partial charge in [-0.1, -0.05) is 13.2 Å². The van der Waals surface area contributed by atoms with Crippen molar-refractivity contribution in [3.8, 4) is 0 Å². The molecule has 0 aromatic heterocycles. The minimum Gasteiger partial charge on any atom is -0.355 e. The second-order valence-corrected chi connectivity index (χ2v) is 4.57. The predicted octanol–water partition coefficient (Wildman–Crippen LogP) is 1.29. The van der Waals surface area contributed by atoms with Crippen molar-refractivity contribution in [1.29, 1.82) is 0 Å². The van der Waals surface area contributed by atoms with Crippen LogP contribution in [0.4, 0.5) is 0 Å². The molecule has 0 fully saturated rings. The normalized spacial score (nSPS) is 16.7. The number of ether oxygens (including phenoxy) is 1. The van der Waals surface area contributed by atoms with Crippen LogP contribution in [0.2, 0.25) is 0 Å². The minimum absolute atomic E-state index is 0.151. The van der Waals surface area contributed by atoms with E-state index in [4.69, 9.17) is 14.2 Å². The summed E-state index contributed by atoms with van der Waals surface area (Å²) >= 11 is 0. The summed E-state index contributed by atoms with van der Waals surface area (Å²) in [4.78, 5) is 9.01. The van der Waals surface area contributed by atoms with Gasteiger partial charge in [-0.2, -0.15) is 0 Å². The molecule has 3 nitrogen and oxygen atoms in total. The highest BCUT2D eigenvalue weighted by Crippen LogP contribution is 2.35. The highest BCUT2D eigenvalue weighted by molar-refractivity contribution is 7.62. The molecule has 0 aliphatic heterocycles. The fourth-order valence-electron chi connectivity index (χ4n) is 0.354. The van der Waals surface area contributed by atoms with E-state index in [-0.39, 0.29) is 6.79 Å². The SMILES string of the molecule is C=P(C)(O)OCOCCC. The smallest absolute Gasteiger partial charge is 0.152 e. The molecule has 0 bridgehead atoms. The second kappa shape index (κ2) is 4.91. The van der Waals surface area contributed by atoms with Crippen molar-refractivity contribution in [2.24, 2.45) is 0 Å². The Morgan fingerprint density at radius 1 is 1.60 bits per heavy atom. The van der Waals surface area contributed by atoms with Crippen molar-refractivity contribution in [3.63, 3.8) is 0 Å². The number of rotatable bonds is 5. The molecule has 1 atom stereocenters. The van der Waals surface area contributed by atoms with E-state index in [0.29, 0.717) is 6.61 Å². The lowest BCUT2D eigenvalue weighted by atomic mass is 10.5. The van der Waals surface area contributed by atoms with Gasteiger partial charge < -0.3 is 14.2 Å². The zero-order chi connectivity index (χ0) is 8.04. The molecule has 0 heterocycles. The molecule has 0 spiro atoms. The Morgan fingerprint density at radius 2 is 2.20 bits per heavy atom. The molecule has 4 heteroatoms. The average molecular weight is 166 g/mol. The molecule has 0 radical (unpaired) electrons. The van der Waals surface area contributed by atoms with E-state index < -0.39 is 7.34 Å². The van der Waals surface area contributed by atoms with Gasteiger partial charge in [0.2, 0.25) is 0 Å². The van der Waals surface area contributed by atoms with E-state index in [1.165, 1.54) is 0 Å². The topological polar surface area (TPSA) is 38.7 Å². The highest BCUT2D eigenvalue weighted by Gasteiger charge is 1.99. The minimum atomic E-state index is -2.33. The zero-order valence-corrected chi connectivity index (χ0v) is 7.43. The summed E-state index contributed by atoms with van der Waals surface area (Å²) in [6.07, 6.45) is 4.39. The van der Waals surface area contributed by atoms with Gasteiger partial charge in [-0.15, -0.1) is 0 Å². The Labute approximate surface area is 62.1 Å². The molecule has 0 rings (SSSR count). The van der Waals surface area contributed by atoms with E-state index in [0.717, 1.165) is 6.42 Å². The van der Waals surface area contributed by atoms with Crippen LogP contribution >= 0.6 is 7.34 Å². The molecule has 0 aliphatic carbocycles. The van der Waals surface area contributed by atoms with Crippen LogP contribution in [-0.4, -0.2) is 31.3 Å². The summed E-state index contributed by atoms with van der Waals surface area (Å²) < 4.78 is 9.83. The molecule has 62 valence electrons. The van der Waals surface area contributed by atoms with Gasteiger partial charge in [0.1, 0.15) is 7.34 Å². The quantitative estimate of drug-likeness (QED) is 0.380.